The summed E-state index contributed by atoms with van der Waals surface area (Å²) < 4.78 is 10.4. The molecule has 1 atom stereocenters. The zero-order chi connectivity index (χ0) is 20.5. The lowest BCUT2D eigenvalue weighted by molar-refractivity contribution is -0.136. The maximum atomic E-state index is 12.8. The number of hydrogen-bond acceptors (Lipinski definition) is 5. The van der Waals surface area contributed by atoms with E-state index in [1.54, 1.807) is 12.1 Å². The third-order valence-corrected chi connectivity index (χ3v) is 5.09. The van der Waals surface area contributed by atoms with Crippen LogP contribution in [0.15, 0.2) is 52.3 Å². The Balaban J connectivity index is 1.59. The first-order valence-electron chi connectivity index (χ1n) is 9.28. The molecule has 2 aliphatic rings. The van der Waals surface area contributed by atoms with Crippen molar-refractivity contribution in [2.45, 2.75) is 26.4 Å². The maximum Gasteiger partial charge on any atom is 0.338 e. The zero-order valence-electron chi connectivity index (χ0n) is 16.2. The maximum absolute atomic E-state index is 12.8. The van der Waals surface area contributed by atoms with E-state index < -0.39 is 18.0 Å². The molecule has 1 unspecified atom stereocenters. The molecule has 150 valence electrons. The molecular formula is C21H21N3O5. The monoisotopic (exact) mass is 395 g/mol. The van der Waals surface area contributed by atoms with Crippen LogP contribution in [0.4, 0.5) is 4.79 Å². The molecule has 0 saturated carbocycles. The average molecular weight is 395 g/mol. The fraction of sp³-hybridized carbons (Fsp3) is 0.286. The normalized spacial score (nSPS) is 18.4. The van der Waals surface area contributed by atoms with Gasteiger partial charge in [-0.3, -0.25) is 9.69 Å². The molecule has 29 heavy (non-hydrogen) atoms. The molecule has 0 bridgehead atoms. The fourth-order valence-electron chi connectivity index (χ4n) is 3.58. The quantitative estimate of drug-likeness (QED) is 0.755. The molecule has 2 N–H and O–H groups in total. The number of esters is 1. The largest absolute Gasteiger partial charge is 0.467 e. The summed E-state index contributed by atoms with van der Waals surface area (Å²) in [5, 5.41) is 5.56. The van der Waals surface area contributed by atoms with Crippen molar-refractivity contribution in [3.8, 4) is 0 Å². The highest BCUT2D eigenvalue weighted by atomic mass is 16.5. The summed E-state index contributed by atoms with van der Waals surface area (Å²) in [4.78, 5) is 38.9. The van der Waals surface area contributed by atoms with Crippen LogP contribution in [0.2, 0.25) is 0 Å². The highest BCUT2D eigenvalue weighted by Gasteiger charge is 2.43. The molecule has 4 rings (SSSR count). The Morgan fingerprint density at radius 3 is 2.86 bits per heavy atom. The SMILES string of the molecule is Cc1ccc(C)c(C2NC(=O)N(CC(=O)NCc3ccco3)C3=C2C(=O)OC3)c1. The van der Waals surface area contributed by atoms with Gasteiger partial charge in [-0.2, -0.15) is 0 Å². The van der Waals surface area contributed by atoms with E-state index >= 15 is 0 Å². The molecule has 0 aliphatic carbocycles. The van der Waals surface area contributed by atoms with Gasteiger partial charge in [-0.15, -0.1) is 0 Å². The number of nitrogens with zero attached hydrogens (tertiary/aromatic N) is 1. The van der Waals surface area contributed by atoms with Gasteiger partial charge in [0.1, 0.15) is 18.9 Å². The number of carbonyl (C=O) groups excluding carboxylic acids is 3. The van der Waals surface area contributed by atoms with Crippen LogP contribution in [0.1, 0.15) is 28.5 Å². The Kier molecular flexibility index (Phi) is 4.84. The number of nitrogens with one attached hydrogen (secondary N) is 2. The van der Waals surface area contributed by atoms with E-state index in [1.165, 1.54) is 11.2 Å². The van der Waals surface area contributed by atoms with Crippen molar-refractivity contribution in [1.29, 1.82) is 0 Å². The number of furan rings is 1. The molecular weight excluding hydrogens is 374 g/mol. The molecule has 0 spiro atoms. The van der Waals surface area contributed by atoms with E-state index in [1.807, 2.05) is 32.0 Å². The van der Waals surface area contributed by atoms with Crippen LogP contribution in [0, 0.1) is 13.8 Å². The van der Waals surface area contributed by atoms with Crippen molar-refractivity contribution in [1.82, 2.24) is 15.5 Å². The third kappa shape index (κ3) is 3.61. The molecule has 3 heterocycles. The number of hydrogen-bond donors (Lipinski definition) is 2. The molecule has 8 nitrogen and oxygen atoms in total. The zero-order valence-corrected chi connectivity index (χ0v) is 16.2. The van der Waals surface area contributed by atoms with Gasteiger partial charge in [0, 0.05) is 0 Å². The Morgan fingerprint density at radius 2 is 2.10 bits per heavy atom. The van der Waals surface area contributed by atoms with Gasteiger partial charge < -0.3 is 19.8 Å². The van der Waals surface area contributed by atoms with Crippen LogP contribution in [0.5, 0.6) is 0 Å². The number of aryl methyl sites for hydroxylation is 2. The van der Waals surface area contributed by atoms with Gasteiger partial charge in [0.15, 0.2) is 0 Å². The molecule has 0 radical (unpaired) electrons. The van der Waals surface area contributed by atoms with Crippen molar-refractivity contribution >= 4 is 17.9 Å². The number of urea groups is 1. The van der Waals surface area contributed by atoms with Gasteiger partial charge in [-0.05, 0) is 37.1 Å². The highest BCUT2D eigenvalue weighted by Crippen LogP contribution is 2.36. The summed E-state index contributed by atoms with van der Waals surface area (Å²) in [5.74, 6) is -0.240. The summed E-state index contributed by atoms with van der Waals surface area (Å²) in [6.45, 7) is 3.84. The second kappa shape index (κ2) is 7.46. The number of benzene rings is 1. The average Bonchev–Trinajstić information content (AvgIpc) is 3.34. The lowest BCUT2D eigenvalue weighted by atomic mass is 9.91. The van der Waals surface area contributed by atoms with E-state index in [-0.39, 0.29) is 25.6 Å². The van der Waals surface area contributed by atoms with Crippen LogP contribution in [-0.4, -0.2) is 36.0 Å². The molecule has 8 heteroatoms. The number of carbonyl (C=O) groups is 3. The number of cyclic esters (lactones) is 1. The fourth-order valence-corrected chi connectivity index (χ4v) is 3.58. The first kappa shape index (κ1) is 18.8. The van der Waals surface area contributed by atoms with Crippen molar-refractivity contribution in [2.24, 2.45) is 0 Å². The van der Waals surface area contributed by atoms with Gasteiger partial charge in [0.2, 0.25) is 5.91 Å². The third-order valence-electron chi connectivity index (χ3n) is 5.09. The van der Waals surface area contributed by atoms with Gasteiger partial charge in [-0.25, -0.2) is 9.59 Å². The molecule has 2 aliphatic heterocycles. The summed E-state index contributed by atoms with van der Waals surface area (Å²) >= 11 is 0. The lowest BCUT2D eigenvalue weighted by Gasteiger charge is -2.33. The second-order valence-corrected chi connectivity index (χ2v) is 7.12. The molecule has 0 fully saturated rings. The first-order chi connectivity index (χ1) is 13.9. The smallest absolute Gasteiger partial charge is 0.338 e. The van der Waals surface area contributed by atoms with Crippen LogP contribution in [0.25, 0.3) is 0 Å². The Hall–Kier alpha value is -3.55. The predicted octanol–water partition coefficient (Wildman–Crippen LogP) is 2.09. The minimum atomic E-state index is -0.602. The van der Waals surface area contributed by atoms with Crippen LogP contribution < -0.4 is 10.6 Å². The minimum absolute atomic E-state index is 0.0333. The van der Waals surface area contributed by atoms with Gasteiger partial charge in [-0.1, -0.05) is 23.8 Å². The number of rotatable bonds is 5. The summed E-state index contributed by atoms with van der Waals surface area (Å²) in [6.07, 6.45) is 1.52. The molecule has 1 aromatic heterocycles. The Bertz CT molecular complexity index is 1010. The van der Waals surface area contributed by atoms with Crippen molar-refractivity contribution < 1.29 is 23.5 Å². The molecule has 2 aromatic rings. The molecule has 0 saturated heterocycles. The van der Waals surface area contributed by atoms with E-state index in [4.69, 9.17) is 9.15 Å². The number of amides is 3. The van der Waals surface area contributed by atoms with Crippen LogP contribution in [0.3, 0.4) is 0 Å². The Labute approximate surface area is 167 Å². The molecule has 1 aromatic carbocycles. The highest BCUT2D eigenvalue weighted by molar-refractivity contribution is 5.98. The van der Waals surface area contributed by atoms with Gasteiger partial charge in [0.25, 0.3) is 0 Å². The van der Waals surface area contributed by atoms with Crippen molar-refractivity contribution in [3.05, 3.63) is 70.3 Å². The van der Waals surface area contributed by atoms with E-state index in [9.17, 15) is 14.4 Å². The van der Waals surface area contributed by atoms with Crippen molar-refractivity contribution in [3.63, 3.8) is 0 Å². The molecule has 3 amide bonds. The standard InChI is InChI=1S/C21H21N3O5/c1-12-5-6-13(2)15(8-12)19-18-16(11-29-20(18)26)24(21(27)23-19)10-17(25)22-9-14-4-3-7-28-14/h3-8,19H,9-11H2,1-2H3,(H,22,25)(H,23,27). The van der Waals surface area contributed by atoms with E-state index in [2.05, 4.69) is 10.6 Å². The summed E-state index contributed by atoms with van der Waals surface area (Å²) in [7, 11) is 0. The van der Waals surface area contributed by atoms with Crippen LogP contribution in [-0.2, 0) is 20.9 Å². The van der Waals surface area contributed by atoms with Gasteiger partial charge >= 0.3 is 12.0 Å². The van der Waals surface area contributed by atoms with Gasteiger partial charge in [0.05, 0.1) is 30.1 Å². The topological polar surface area (TPSA) is 101 Å². The van der Waals surface area contributed by atoms with Crippen LogP contribution >= 0.6 is 0 Å². The van der Waals surface area contributed by atoms with E-state index in [0.717, 1.165) is 16.7 Å². The summed E-state index contributed by atoms with van der Waals surface area (Å²) in [5.41, 5.74) is 3.62. The Morgan fingerprint density at radius 1 is 1.28 bits per heavy atom. The summed E-state index contributed by atoms with van der Waals surface area (Å²) in [6, 6.07) is 8.30. The predicted molar refractivity (Wildman–Crippen MR) is 102 cm³/mol. The lowest BCUT2D eigenvalue weighted by Crippen LogP contribution is -2.50. The minimum Gasteiger partial charge on any atom is -0.467 e. The first-order valence-corrected chi connectivity index (χ1v) is 9.28. The van der Waals surface area contributed by atoms with E-state index in [0.29, 0.717) is 17.0 Å². The number of ether oxygens (including phenoxy) is 1. The second-order valence-electron chi connectivity index (χ2n) is 7.12. The van der Waals surface area contributed by atoms with Crippen molar-refractivity contribution in [2.75, 3.05) is 13.2 Å².